The average Bonchev–Trinajstić information content (AvgIpc) is 2.38. The van der Waals surface area contributed by atoms with Gasteiger partial charge >= 0.3 is 6.01 Å². The van der Waals surface area contributed by atoms with Crippen LogP contribution in [0.4, 0.5) is 11.9 Å². The molecule has 0 bridgehead atoms. The first-order chi connectivity index (χ1) is 9.55. The number of methoxy groups -OCH3 is 1. The highest BCUT2D eigenvalue weighted by Gasteiger charge is 2.09. The molecule has 1 rings (SSSR count). The Kier molecular flexibility index (Phi) is 7.04. The van der Waals surface area contributed by atoms with Gasteiger partial charge in [0.2, 0.25) is 11.9 Å². The van der Waals surface area contributed by atoms with E-state index in [0.717, 1.165) is 18.9 Å². The van der Waals surface area contributed by atoms with Gasteiger partial charge in [-0.05, 0) is 26.2 Å². The molecule has 1 heterocycles. The zero-order valence-electron chi connectivity index (χ0n) is 13.2. The Morgan fingerprint density at radius 2 is 1.75 bits per heavy atom. The maximum Gasteiger partial charge on any atom is 0.322 e. The summed E-state index contributed by atoms with van der Waals surface area (Å²) in [5.74, 6) is 1.85. The second-order valence-electron chi connectivity index (χ2n) is 5.37. The van der Waals surface area contributed by atoms with Crippen LogP contribution in [0.1, 0.15) is 47.0 Å². The van der Waals surface area contributed by atoms with E-state index in [2.05, 4.69) is 46.4 Å². The normalized spacial score (nSPS) is 12.3. The van der Waals surface area contributed by atoms with Crippen LogP contribution >= 0.6 is 0 Å². The lowest BCUT2D eigenvalue weighted by molar-refractivity contribution is 0.379. The molecule has 0 fully saturated rings. The Balaban J connectivity index is 2.58. The lowest BCUT2D eigenvalue weighted by Gasteiger charge is -2.15. The summed E-state index contributed by atoms with van der Waals surface area (Å²) in [6.07, 6.45) is 3.55. The molecular weight excluding hydrogens is 254 g/mol. The third kappa shape index (κ3) is 6.04. The lowest BCUT2D eigenvalue weighted by Crippen LogP contribution is -2.18. The molecular formula is C14H27N5O. The van der Waals surface area contributed by atoms with Gasteiger partial charge in [-0.3, -0.25) is 0 Å². The van der Waals surface area contributed by atoms with Gasteiger partial charge in [-0.15, -0.1) is 0 Å². The highest BCUT2D eigenvalue weighted by atomic mass is 16.5. The fourth-order valence-corrected chi connectivity index (χ4v) is 1.87. The van der Waals surface area contributed by atoms with Crippen LogP contribution < -0.4 is 15.4 Å². The predicted octanol–water partition coefficient (Wildman–Crippen LogP) is 2.94. The molecule has 0 aliphatic rings. The van der Waals surface area contributed by atoms with Gasteiger partial charge in [-0.1, -0.05) is 26.7 Å². The quantitative estimate of drug-likeness (QED) is 0.725. The first-order valence-electron chi connectivity index (χ1n) is 7.35. The summed E-state index contributed by atoms with van der Waals surface area (Å²) in [4.78, 5) is 12.7. The smallest absolute Gasteiger partial charge is 0.322 e. The maximum absolute atomic E-state index is 5.09. The molecule has 6 nitrogen and oxygen atoms in total. The Labute approximate surface area is 121 Å². The first kappa shape index (κ1) is 16.5. The Morgan fingerprint density at radius 1 is 1.05 bits per heavy atom. The van der Waals surface area contributed by atoms with Crippen LogP contribution in [0.2, 0.25) is 0 Å². The molecule has 0 aliphatic heterocycles. The van der Waals surface area contributed by atoms with Crippen LogP contribution in [0.15, 0.2) is 0 Å². The Morgan fingerprint density at radius 3 is 2.35 bits per heavy atom. The molecule has 0 saturated heterocycles. The number of anilines is 2. The minimum absolute atomic E-state index is 0.327. The van der Waals surface area contributed by atoms with E-state index in [9.17, 15) is 0 Å². The molecule has 0 aliphatic carbocycles. The van der Waals surface area contributed by atoms with Crippen LogP contribution in [-0.4, -0.2) is 34.6 Å². The van der Waals surface area contributed by atoms with Crippen LogP contribution in [0.25, 0.3) is 0 Å². The van der Waals surface area contributed by atoms with Crippen molar-refractivity contribution < 1.29 is 4.74 Å². The highest BCUT2D eigenvalue weighted by molar-refractivity contribution is 5.36. The van der Waals surface area contributed by atoms with Crippen molar-refractivity contribution in [3.05, 3.63) is 0 Å². The zero-order valence-corrected chi connectivity index (χ0v) is 13.2. The van der Waals surface area contributed by atoms with Crippen LogP contribution in [0, 0.1) is 5.92 Å². The second kappa shape index (κ2) is 8.55. The van der Waals surface area contributed by atoms with E-state index in [1.807, 2.05) is 6.92 Å². The van der Waals surface area contributed by atoms with Crippen LogP contribution in [-0.2, 0) is 0 Å². The molecule has 1 unspecified atom stereocenters. The van der Waals surface area contributed by atoms with Crippen molar-refractivity contribution in [1.29, 1.82) is 0 Å². The summed E-state index contributed by atoms with van der Waals surface area (Å²) in [6.45, 7) is 9.40. The van der Waals surface area contributed by atoms with Crippen molar-refractivity contribution in [1.82, 2.24) is 15.0 Å². The predicted molar refractivity (Wildman–Crippen MR) is 82.3 cm³/mol. The maximum atomic E-state index is 5.09. The number of hydrogen-bond donors (Lipinski definition) is 2. The van der Waals surface area contributed by atoms with Crippen molar-refractivity contribution in [2.45, 2.75) is 53.0 Å². The average molecular weight is 281 g/mol. The van der Waals surface area contributed by atoms with Crippen molar-refractivity contribution in [2.24, 2.45) is 5.92 Å². The summed E-state index contributed by atoms with van der Waals surface area (Å²) in [5, 5.41) is 6.38. The summed E-state index contributed by atoms with van der Waals surface area (Å²) in [7, 11) is 1.56. The van der Waals surface area contributed by atoms with Crippen LogP contribution in [0.3, 0.4) is 0 Å². The molecule has 0 spiro atoms. The van der Waals surface area contributed by atoms with E-state index in [4.69, 9.17) is 4.74 Å². The summed E-state index contributed by atoms with van der Waals surface area (Å²) >= 11 is 0. The van der Waals surface area contributed by atoms with E-state index in [1.54, 1.807) is 7.11 Å². The molecule has 1 atom stereocenters. The standard InChI is InChI=1S/C14H27N5O/c1-6-15-12-17-13(19-14(18-12)20-5)16-11(4)9-7-8-10(2)3/h10-11H,6-9H2,1-5H3,(H2,15,16,17,18,19). The van der Waals surface area contributed by atoms with Crippen molar-refractivity contribution in [3.8, 4) is 6.01 Å². The second-order valence-corrected chi connectivity index (χ2v) is 5.37. The molecule has 1 aromatic rings. The van der Waals surface area contributed by atoms with E-state index in [0.29, 0.717) is 23.9 Å². The number of hydrogen-bond acceptors (Lipinski definition) is 6. The summed E-state index contributed by atoms with van der Waals surface area (Å²) in [5.41, 5.74) is 0. The summed E-state index contributed by atoms with van der Waals surface area (Å²) < 4.78 is 5.09. The lowest BCUT2D eigenvalue weighted by atomic mass is 10.0. The van der Waals surface area contributed by atoms with Gasteiger partial charge in [-0.25, -0.2) is 0 Å². The Hall–Kier alpha value is -1.59. The van der Waals surface area contributed by atoms with Gasteiger partial charge in [0.05, 0.1) is 7.11 Å². The molecule has 20 heavy (non-hydrogen) atoms. The SMILES string of the molecule is CCNc1nc(NC(C)CCCC(C)C)nc(OC)n1. The molecule has 2 N–H and O–H groups in total. The number of rotatable bonds is 9. The van der Waals surface area contributed by atoms with Gasteiger partial charge in [0.1, 0.15) is 0 Å². The van der Waals surface area contributed by atoms with E-state index in [1.165, 1.54) is 12.8 Å². The topological polar surface area (TPSA) is 72.0 Å². The van der Waals surface area contributed by atoms with Crippen molar-refractivity contribution >= 4 is 11.9 Å². The number of ether oxygens (including phenoxy) is 1. The zero-order chi connectivity index (χ0) is 15.0. The van der Waals surface area contributed by atoms with E-state index >= 15 is 0 Å². The first-order valence-corrected chi connectivity index (χ1v) is 7.35. The highest BCUT2D eigenvalue weighted by Crippen LogP contribution is 2.14. The number of nitrogens with one attached hydrogen (secondary N) is 2. The fourth-order valence-electron chi connectivity index (χ4n) is 1.87. The Bertz CT molecular complexity index is 397. The minimum Gasteiger partial charge on any atom is -0.467 e. The molecule has 6 heteroatoms. The molecule has 1 aromatic heterocycles. The molecule has 0 radical (unpaired) electrons. The van der Waals surface area contributed by atoms with Gasteiger partial charge in [0, 0.05) is 12.6 Å². The van der Waals surface area contributed by atoms with Crippen LogP contribution in [0.5, 0.6) is 6.01 Å². The van der Waals surface area contributed by atoms with Crippen molar-refractivity contribution in [3.63, 3.8) is 0 Å². The van der Waals surface area contributed by atoms with Gasteiger partial charge < -0.3 is 15.4 Å². The van der Waals surface area contributed by atoms with Gasteiger partial charge in [0.25, 0.3) is 0 Å². The van der Waals surface area contributed by atoms with E-state index in [-0.39, 0.29) is 0 Å². The van der Waals surface area contributed by atoms with Gasteiger partial charge in [0.15, 0.2) is 0 Å². The third-order valence-electron chi connectivity index (χ3n) is 2.93. The number of nitrogens with zero attached hydrogens (tertiary/aromatic N) is 3. The minimum atomic E-state index is 0.327. The number of aromatic nitrogens is 3. The third-order valence-corrected chi connectivity index (χ3v) is 2.93. The molecule has 114 valence electrons. The molecule has 0 amide bonds. The van der Waals surface area contributed by atoms with Crippen molar-refractivity contribution in [2.75, 3.05) is 24.3 Å². The largest absolute Gasteiger partial charge is 0.467 e. The molecule has 0 aromatic carbocycles. The fraction of sp³-hybridized carbons (Fsp3) is 0.786. The summed E-state index contributed by atoms with van der Waals surface area (Å²) in [6, 6.07) is 0.656. The monoisotopic (exact) mass is 281 g/mol. The van der Waals surface area contributed by atoms with E-state index < -0.39 is 0 Å². The molecule has 0 saturated carbocycles. The van der Waals surface area contributed by atoms with Gasteiger partial charge in [-0.2, -0.15) is 15.0 Å².